The lowest BCUT2D eigenvalue weighted by molar-refractivity contribution is -0.117. The normalized spacial score (nSPS) is 18.5. The maximum absolute atomic E-state index is 11.7. The van der Waals surface area contributed by atoms with Crippen LogP contribution in [0, 0.1) is 0 Å². The maximum Gasteiger partial charge on any atom is 0.224 e. The number of anilines is 2. The van der Waals surface area contributed by atoms with Crippen LogP contribution >= 0.6 is 23.2 Å². The highest BCUT2D eigenvalue weighted by Crippen LogP contribution is 2.33. The van der Waals surface area contributed by atoms with Crippen LogP contribution < -0.4 is 10.6 Å². The van der Waals surface area contributed by atoms with E-state index >= 15 is 0 Å². The number of ketones is 2. The molecule has 2 aliphatic heterocycles. The number of amides is 2. The summed E-state index contributed by atoms with van der Waals surface area (Å²) in [6.07, 6.45) is 1.64. The summed E-state index contributed by atoms with van der Waals surface area (Å²) in [6, 6.07) is 10.8. The minimum atomic E-state index is 0.0323. The highest BCUT2D eigenvalue weighted by atomic mass is 35.5. The first kappa shape index (κ1) is 25.9. The van der Waals surface area contributed by atoms with Crippen molar-refractivity contribution in [3.8, 4) is 0 Å². The molecule has 2 heterocycles. The van der Waals surface area contributed by atoms with Gasteiger partial charge in [-0.05, 0) is 59.4 Å². The van der Waals surface area contributed by atoms with Gasteiger partial charge in [0.25, 0.3) is 0 Å². The molecule has 2 aliphatic rings. The molecule has 2 N–H and O–H groups in total. The number of halogens is 2. The average molecular weight is 503 g/mol. The van der Waals surface area contributed by atoms with Gasteiger partial charge in [-0.3, -0.25) is 19.2 Å². The monoisotopic (exact) mass is 502 g/mol. The Kier molecular flexibility index (Phi) is 8.86. The Morgan fingerprint density at radius 1 is 0.765 bits per heavy atom. The van der Waals surface area contributed by atoms with Crippen molar-refractivity contribution in [3.05, 3.63) is 58.7 Å². The molecule has 180 valence electrons. The fourth-order valence-electron chi connectivity index (χ4n) is 4.15. The summed E-state index contributed by atoms with van der Waals surface area (Å²) < 4.78 is 0. The van der Waals surface area contributed by atoms with Gasteiger partial charge in [-0.25, -0.2) is 0 Å². The van der Waals surface area contributed by atoms with Crippen molar-refractivity contribution in [3.63, 3.8) is 0 Å². The Labute approximate surface area is 209 Å². The number of nitrogens with one attached hydrogen (secondary N) is 2. The molecule has 4 rings (SSSR count). The van der Waals surface area contributed by atoms with Crippen LogP contribution in [0.25, 0.3) is 0 Å². The summed E-state index contributed by atoms with van der Waals surface area (Å²) in [5, 5.41) is 5.62. The van der Waals surface area contributed by atoms with Crippen LogP contribution in [-0.2, 0) is 9.59 Å². The molecule has 6 nitrogen and oxygen atoms in total. The van der Waals surface area contributed by atoms with Crippen molar-refractivity contribution in [2.75, 3.05) is 22.4 Å². The molecule has 0 radical (unpaired) electrons. The molecule has 0 saturated heterocycles. The lowest BCUT2D eigenvalue weighted by atomic mass is 9.90. The summed E-state index contributed by atoms with van der Waals surface area (Å²) in [7, 11) is 0. The molecule has 2 atom stereocenters. The van der Waals surface area contributed by atoms with E-state index < -0.39 is 0 Å². The van der Waals surface area contributed by atoms with Crippen molar-refractivity contribution in [2.45, 2.75) is 51.4 Å². The van der Waals surface area contributed by atoms with E-state index in [-0.39, 0.29) is 35.2 Å². The zero-order chi connectivity index (χ0) is 24.8. The van der Waals surface area contributed by atoms with Gasteiger partial charge in [0.2, 0.25) is 11.8 Å². The van der Waals surface area contributed by atoms with Crippen LogP contribution in [0.3, 0.4) is 0 Å². The van der Waals surface area contributed by atoms with Gasteiger partial charge < -0.3 is 10.6 Å². The quantitative estimate of drug-likeness (QED) is 0.380. The van der Waals surface area contributed by atoms with Gasteiger partial charge in [0.05, 0.1) is 0 Å². The van der Waals surface area contributed by atoms with Crippen LogP contribution in [0.15, 0.2) is 36.4 Å². The van der Waals surface area contributed by atoms with Crippen molar-refractivity contribution in [2.24, 2.45) is 0 Å². The zero-order valence-corrected chi connectivity index (χ0v) is 20.8. The first-order chi connectivity index (χ1) is 16.2. The summed E-state index contributed by atoms with van der Waals surface area (Å²) in [5.74, 6) is 1.14. The predicted molar refractivity (Wildman–Crippen MR) is 136 cm³/mol. The van der Waals surface area contributed by atoms with E-state index in [1.54, 1.807) is 24.3 Å². The van der Waals surface area contributed by atoms with E-state index in [0.29, 0.717) is 48.6 Å². The van der Waals surface area contributed by atoms with E-state index in [0.717, 1.165) is 22.5 Å². The highest BCUT2D eigenvalue weighted by Gasteiger charge is 2.23. The first-order valence-electron chi connectivity index (χ1n) is 11.3. The second-order valence-corrected chi connectivity index (χ2v) is 9.39. The van der Waals surface area contributed by atoms with Crippen molar-refractivity contribution in [1.82, 2.24) is 0 Å². The van der Waals surface area contributed by atoms with Crippen LogP contribution in [-0.4, -0.2) is 35.1 Å². The number of alkyl halides is 2. The Balaban J connectivity index is 0.000000191. The summed E-state index contributed by atoms with van der Waals surface area (Å²) in [5.41, 5.74) is 5.04. The van der Waals surface area contributed by atoms with Gasteiger partial charge in [-0.15, -0.1) is 23.2 Å². The largest absolute Gasteiger partial charge is 0.326 e. The van der Waals surface area contributed by atoms with Gasteiger partial charge in [0.15, 0.2) is 11.6 Å². The second kappa shape index (κ2) is 11.6. The van der Waals surface area contributed by atoms with Crippen molar-refractivity contribution >= 4 is 58.0 Å². The topological polar surface area (TPSA) is 92.3 Å². The van der Waals surface area contributed by atoms with Crippen LogP contribution in [0.1, 0.15) is 83.2 Å². The standard InChI is InChI=1S/2C13H14ClNO2/c2*1-8-6-13(17)15-11-3-2-9(7-10(8)11)12(16)4-5-14/h2*2-3,7-8H,4-6H2,1H3,(H,15,17). The lowest BCUT2D eigenvalue weighted by Crippen LogP contribution is -2.21. The van der Waals surface area contributed by atoms with Crippen LogP contribution in [0.5, 0.6) is 0 Å². The molecule has 34 heavy (non-hydrogen) atoms. The number of hydrogen-bond acceptors (Lipinski definition) is 4. The number of Topliss-reactive ketones (excluding diaryl/α,β-unsaturated/α-hetero) is 2. The van der Waals surface area contributed by atoms with Gasteiger partial charge in [-0.2, -0.15) is 0 Å². The van der Waals surface area contributed by atoms with Gasteiger partial charge in [0.1, 0.15) is 0 Å². The molecule has 0 aromatic heterocycles. The second-order valence-electron chi connectivity index (χ2n) is 8.64. The molecule has 0 fully saturated rings. The summed E-state index contributed by atoms with van der Waals surface area (Å²) in [6.45, 7) is 3.99. The van der Waals surface area contributed by atoms with Crippen LogP contribution in [0.2, 0.25) is 0 Å². The molecule has 0 bridgehead atoms. The third-order valence-corrected chi connectivity index (χ3v) is 6.36. The zero-order valence-electron chi connectivity index (χ0n) is 19.3. The average Bonchev–Trinajstić information content (AvgIpc) is 2.79. The van der Waals surface area contributed by atoms with E-state index in [1.807, 2.05) is 26.0 Å². The number of carbonyl (C=O) groups is 4. The Morgan fingerprint density at radius 2 is 1.15 bits per heavy atom. The third-order valence-electron chi connectivity index (χ3n) is 5.98. The fraction of sp³-hybridized carbons (Fsp3) is 0.385. The molecule has 0 aliphatic carbocycles. The van der Waals surface area contributed by atoms with E-state index in [9.17, 15) is 19.2 Å². The van der Waals surface area contributed by atoms with Crippen molar-refractivity contribution < 1.29 is 19.2 Å². The van der Waals surface area contributed by atoms with Gasteiger partial charge in [-0.1, -0.05) is 13.8 Å². The SMILES string of the molecule is CC1CC(=O)Nc2ccc(C(=O)CCCl)cc21.CC1CC(=O)Nc2ccc(C(=O)CCCl)cc21. The van der Waals surface area contributed by atoms with Gasteiger partial charge in [0, 0.05) is 59.9 Å². The molecule has 0 saturated carbocycles. The fourth-order valence-corrected chi connectivity index (χ4v) is 4.50. The van der Waals surface area contributed by atoms with E-state index in [4.69, 9.17) is 23.2 Å². The molecular weight excluding hydrogens is 475 g/mol. The van der Waals surface area contributed by atoms with E-state index in [1.165, 1.54) is 0 Å². The summed E-state index contributed by atoms with van der Waals surface area (Å²) in [4.78, 5) is 46.2. The number of fused-ring (bicyclic) bond motifs is 2. The lowest BCUT2D eigenvalue weighted by Gasteiger charge is -2.23. The molecule has 2 aromatic rings. The predicted octanol–water partition coefficient (Wildman–Crippen LogP) is 5.89. The van der Waals surface area contributed by atoms with Gasteiger partial charge >= 0.3 is 0 Å². The molecular formula is C26H28Cl2N2O4. The molecule has 2 amide bonds. The molecule has 8 heteroatoms. The van der Waals surface area contributed by atoms with E-state index in [2.05, 4.69) is 10.6 Å². The number of benzene rings is 2. The maximum atomic E-state index is 11.7. The van der Waals surface area contributed by atoms with Crippen molar-refractivity contribution in [1.29, 1.82) is 0 Å². The Morgan fingerprint density at radius 3 is 1.50 bits per heavy atom. The smallest absolute Gasteiger partial charge is 0.224 e. The minimum Gasteiger partial charge on any atom is -0.326 e. The number of rotatable bonds is 6. The summed E-state index contributed by atoms with van der Waals surface area (Å²) >= 11 is 11.1. The molecule has 0 spiro atoms. The minimum absolute atomic E-state index is 0.0323. The Hall–Kier alpha value is -2.70. The molecule has 2 aromatic carbocycles. The highest BCUT2D eigenvalue weighted by molar-refractivity contribution is 6.20. The third kappa shape index (κ3) is 6.24. The molecule has 2 unspecified atom stereocenters. The Bertz CT molecular complexity index is 1030. The number of carbonyl (C=O) groups excluding carboxylic acids is 4. The number of hydrogen-bond donors (Lipinski definition) is 2. The van der Waals surface area contributed by atoms with Crippen LogP contribution in [0.4, 0.5) is 11.4 Å². The first-order valence-corrected chi connectivity index (χ1v) is 12.4.